The summed E-state index contributed by atoms with van der Waals surface area (Å²) < 4.78 is 5.44. The van der Waals surface area contributed by atoms with Crippen molar-refractivity contribution in [1.29, 1.82) is 0 Å². The predicted molar refractivity (Wildman–Crippen MR) is 76.5 cm³/mol. The number of aliphatic hydroxyl groups excluding tert-OH is 1. The molecule has 2 rings (SSSR count). The van der Waals surface area contributed by atoms with Gasteiger partial charge in [0.1, 0.15) is 17.9 Å². The molecule has 0 amide bonds. The fourth-order valence-corrected chi connectivity index (χ4v) is 2.84. The fraction of sp³-hybridized carbons (Fsp3) is 0.533. The molecule has 0 bridgehead atoms. The summed E-state index contributed by atoms with van der Waals surface area (Å²) in [5.74, 6) is -0.302. The topological polar surface area (TPSA) is 66.8 Å². The van der Waals surface area contributed by atoms with Crippen molar-refractivity contribution >= 4 is 17.6 Å². The van der Waals surface area contributed by atoms with Crippen molar-refractivity contribution in [1.82, 2.24) is 0 Å². The highest BCUT2D eigenvalue weighted by Gasteiger charge is 2.20. The summed E-state index contributed by atoms with van der Waals surface area (Å²) in [4.78, 5) is 11.1. The Labute approximate surface area is 123 Å². The molecule has 1 fully saturated rings. The second kappa shape index (κ2) is 6.95. The number of rotatable bonds is 6. The van der Waals surface area contributed by atoms with Crippen LogP contribution in [0.4, 0.5) is 0 Å². The van der Waals surface area contributed by atoms with Gasteiger partial charge in [0.05, 0.1) is 6.10 Å². The number of carbonyl (C=O) groups is 1. The highest BCUT2D eigenvalue weighted by molar-refractivity contribution is 6.30. The highest BCUT2D eigenvalue weighted by atomic mass is 35.5. The van der Waals surface area contributed by atoms with E-state index < -0.39 is 12.1 Å². The molecule has 5 heteroatoms. The lowest BCUT2D eigenvalue weighted by atomic mass is 10.0. The number of carboxylic acid groups (broad SMARTS) is 1. The molecule has 20 heavy (non-hydrogen) atoms. The van der Waals surface area contributed by atoms with Crippen molar-refractivity contribution in [3.8, 4) is 5.75 Å². The first-order chi connectivity index (χ1) is 9.56. The summed E-state index contributed by atoms with van der Waals surface area (Å²) in [6, 6.07) is 4.38. The first-order valence-corrected chi connectivity index (χ1v) is 7.27. The van der Waals surface area contributed by atoms with Crippen LogP contribution in [-0.4, -0.2) is 28.9 Å². The Morgan fingerprint density at radius 3 is 2.75 bits per heavy atom. The molecule has 1 aromatic rings. The number of carboxylic acids is 1. The van der Waals surface area contributed by atoms with Crippen molar-refractivity contribution in [2.45, 2.75) is 38.2 Å². The van der Waals surface area contributed by atoms with Gasteiger partial charge in [0.15, 0.2) is 0 Å². The van der Waals surface area contributed by atoms with Crippen molar-refractivity contribution in [3.05, 3.63) is 28.8 Å². The van der Waals surface area contributed by atoms with E-state index in [9.17, 15) is 9.90 Å². The van der Waals surface area contributed by atoms with Crippen LogP contribution < -0.4 is 4.74 Å². The van der Waals surface area contributed by atoms with Gasteiger partial charge in [-0.15, -0.1) is 0 Å². The van der Waals surface area contributed by atoms with E-state index in [1.54, 1.807) is 0 Å². The monoisotopic (exact) mass is 298 g/mol. The third-order valence-electron chi connectivity index (χ3n) is 3.69. The van der Waals surface area contributed by atoms with Crippen LogP contribution in [0.15, 0.2) is 18.2 Å². The molecule has 110 valence electrons. The van der Waals surface area contributed by atoms with Gasteiger partial charge in [-0.3, -0.25) is 0 Å². The van der Waals surface area contributed by atoms with E-state index in [4.69, 9.17) is 21.4 Å². The van der Waals surface area contributed by atoms with Crippen LogP contribution in [0.5, 0.6) is 5.75 Å². The molecular weight excluding hydrogens is 280 g/mol. The van der Waals surface area contributed by atoms with Crippen LogP contribution in [0.3, 0.4) is 0 Å². The van der Waals surface area contributed by atoms with Crippen molar-refractivity contribution in [2.24, 2.45) is 5.92 Å². The molecule has 0 spiro atoms. The number of halogens is 1. The third kappa shape index (κ3) is 4.12. The molecule has 0 heterocycles. The van der Waals surface area contributed by atoms with E-state index in [2.05, 4.69) is 0 Å². The van der Waals surface area contributed by atoms with Gasteiger partial charge in [-0.1, -0.05) is 37.3 Å². The molecule has 1 aromatic carbocycles. The minimum Gasteiger partial charge on any atom is -0.490 e. The van der Waals surface area contributed by atoms with Gasteiger partial charge in [0.2, 0.25) is 0 Å². The Morgan fingerprint density at radius 1 is 1.40 bits per heavy atom. The lowest BCUT2D eigenvalue weighted by Gasteiger charge is -2.17. The summed E-state index contributed by atoms with van der Waals surface area (Å²) in [6.07, 6.45) is 4.93. The first kappa shape index (κ1) is 15.1. The van der Waals surface area contributed by atoms with Crippen LogP contribution in [0.2, 0.25) is 5.02 Å². The molecule has 0 aromatic heterocycles. The maximum Gasteiger partial charge on any atom is 0.339 e. The van der Waals surface area contributed by atoms with E-state index in [0.29, 0.717) is 17.4 Å². The number of ether oxygens (including phenoxy) is 1. The molecule has 1 unspecified atom stereocenters. The largest absolute Gasteiger partial charge is 0.490 e. The Balaban J connectivity index is 1.92. The van der Waals surface area contributed by atoms with Gasteiger partial charge >= 0.3 is 5.97 Å². The number of hydrogen-bond acceptors (Lipinski definition) is 3. The minimum atomic E-state index is -1.07. The second-order valence-electron chi connectivity index (χ2n) is 5.30. The van der Waals surface area contributed by atoms with Gasteiger partial charge in [-0.25, -0.2) is 4.79 Å². The zero-order chi connectivity index (χ0) is 14.5. The van der Waals surface area contributed by atoms with E-state index in [-0.39, 0.29) is 17.9 Å². The summed E-state index contributed by atoms with van der Waals surface area (Å²) >= 11 is 5.84. The maximum atomic E-state index is 11.1. The Hall–Kier alpha value is -1.26. The van der Waals surface area contributed by atoms with Gasteiger partial charge < -0.3 is 14.9 Å². The molecule has 4 nitrogen and oxygen atoms in total. The average molecular weight is 299 g/mol. The van der Waals surface area contributed by atoms with Crippen LogP contribution >= 0.6 is 11.6 Å². The molecule has 0 radical (unpaired) electrons. The van der Waals surface area contributed by atoms with Crippen molar-refractivity contribution in [2.75, 3.05) is 6.61 Å². The quantitative estimate of drug-likeness (QED) is 0.845. The third-order valence-corrected chi connectivity index (χ3v) is 3.92. The van der Waals surface area contributed by atoms with E-state index in [1.165, 1.54) is 31.0 Å². The summed E-state index contributed by atoms with van der Waals surface area (Å²) in [6.45, 7) is 0.0944. The lowest BCUT2D eigenvalue weighted by Crippen LogP contribution is -2.21. The number of aliphatic hydroxyl groups is 1. The molecular formula is C15H19ClO4. The number of benzene rings is 1. The summed E-state index contributed by atoms with van der Waals surface area (Å²) in [5.41, 5.74) is 0.0578. The van der Waals surface area contributed by atoms with Gasteiger partial charge in [0, 0.05) is 5.02 Å². The zero-order valence-electron chi connectivity index (χ0n) is 11.2. The molecule has 1 saturated carbocycles. The van der Waals surface area contributed by atoms with Crippen molar-refractivity contribution < 1.29 is 19.7 Å². The molecule has 1 aliphatic carbocycles. The zero-order valence-corrected chi connectivity index (χ0v) is 12.0. The minimum absolute atomic E-state index is 0.0578. The standard InChI is InChI=1S/C15H19ClO4/c16-11-5-6-13(15(18)19)14(8-11)20-9-12(17)7-10-3-1-2-4-10/h5-6,8,10,12,17H,1-4,7,9H2,(H,18,19). The normalized spacial score (nSPS) is 17.1. The van der Waals surface area contributed by atoms with Gasteiger partial charge in [0.25, 0.3) is 0 Å². The SMILES string of the molecule is O=C(O)c1ccc(Cl)cc1OCC(O)CC1CCCC1. The molecule has 1 aliphatic rings. The summed E-state index contributed by atoms with van der Waals surface area (Å²) in [7, 11) is 0. The van der Waals surface area contributed by atoms with Crippen LogP contribution in [0.1, 0.15) is 42.5 Å². The van der Waals surface area contributed by atoms with Crippen LogP contribution in [-0.2, 0) is 0 Å². The predicted octanol–water partition coefficient (Wildman–Crippen LogP) is 3.36. The van der Waals surface area contributed by atoms with Crippen LogP contribution in [0.25, 0.3) is 0 Å². The van der Waals surface area contributed by atoms with Crippen LogP contribution in [0, 0.1) is 5.92 Å². The lowest BCUT2D eigenvalue weighted by molar-refractivity contribution is 0.0672. The Kier molecular flexibility index (Phi) is 5.26. The highest BCUT2D eigenvalue weighted by Crippen LogP contribution is 2.29. The van der Waals surface area contributed by atoms with Crippen molar-refractivity contribution in [3.63, 3.8) is 0 Å². The Morgan fingerprint density at radius 2 is 2.10 bits per heavy atom. The molecule has 1 atom stereocenters. The van der Waals surface area contributed by atoms with Gasteiger partial charge in [-0.2, -0.15) is 0 Å². The van der Waals surface area contributed by atoms with E-state index in [1.807, 2.05) is 0 Å². The summed E-state index contributed by atoms with van der Waals surface area (Å²) in [5, 5.41) is 19.4. The molecule has 0 aliphatic heterocycles. The fourth-order valence-electron chi connectivity index (χ4n) is 2.68. The Bertz CT molecular complexity index is 469. The smallest absolute Gasteiger partial charge is 0.339 e. The number of aromatic carboxylic acids is 1. The van der Waals surface area contributed by atoms with E-state index >= 15 is 0 Å². The second-order valence-corrected chi connectivity index (χ2v) is 5.73. The molecule has 0 saturated heterocycles. The molecule has 2 N–H and O–H groups in total. The first-order valence-electron chi connectivity index (χ1n) is 6.90. The maximum absolute atomic E-state index is 11.1. The van der Waals surface area contributed by atoms with Gasteiger partial charge in [-0.05, 0) is 30.5 Å². The number of hydrogen-bond donors (Lipinski definition) is 2. The van der Waals surface area contributed by atoms with E-state index in [0.717, 1.165) is 12.8 Å². The average Bonchev–Trinajstić information content (AvgIpc) is 2.89.